The minimum atomic E-state index is -1.62. The van der Waals surface area contributed by atoms with Crippen molar-refractivity contribution in [2.75, 3.05) is 26.4 Å². The monoisotopic (exact) mass is 838 g/mol. The van der Waals surface area contributed by atoms with Gasteiger partial charge in [-0.3, -0.25) is 28.8 Å². The fourth-order valence-corrected chi connectivity index (χ4v) is 5.87. The molecule has 0 aromatic carbocycles. The van der Waals surface area contributed by atoms with Gasteiger partial charge in [0, 0.05) is 19.6 Å². The van der Waals surface area contributed by atoms with Crippen LogP contribution in [-0.4, -0.2) is 115 Å². The van der Waals surface area contributed by atoms with Crippen molar-refractivity contribution in [3.8, 4) is 0 Å². The second kappa shape index (κ2) is 28.2. The van der Waals surface area contributed by atoms with E-state index in [1.807, 2.05) is 55.4 Å². The van der Waals surface area contributed by atoms with Gasteiger partial charge in [-0.2, -0.15) is 0 Å². The zero-order valence-electron chi connectivity index (χ0n) is 37.1. The summed E-state index contributed by atoms with van der Waals surface area (Å²) in [6, 6.07) is -6.56. The van der Waals surface area contributed by atoms with Crippen LogP contribution < -0.4 is 37.6 Å². The van der Waals surface area contributed by atoms with Gasteiger partial charge in [-0.05, 0) is 69.6 Å². The molecule has 0 aromatic rings. The second-order valence-corrected chi connectivity index (χ2v) is 17.2. The number of nitrogens with two attached hydrogens (primary N) is 1. The first kappa shape index (κ1) is 54.6. The number of hydrogen-bond donors (Lipinski definition) is 8. The van der Waals surface area contributed by atoms with Gasteiger partial charge in [0.25, 0.3) is 0 Å². The number of carbonyl (C=O) groups excluding carboxylic acids is 6. The van der Waals surface area contributed by atoms with Crippen LogP contribution in [0, 0.1) is 23.7 Å². The molecule has 0 unspecified atom stereocenters. The van der Waals surface area contributed by atoms with Gasteiger partial charge in [0.1, 0.15) is 35.7 Å². The zero-order valence-corrected chi connectivity index (χ0v) is 37.1. The molecule has 0 bridgehead atoms. The Labute approximate surface area is 351 Å². The lowest BCUT2D eigenvalue weighted by Crippen LogP contribution is -2.63. The fourth-order valence-electron chi connectivity index (χ4n) is 5.87. The Morgan fingerprint density at radius 2 is 0.915 bits per heavy atom. The number of carboxylic acids is 1. The Morgan fingerprint density at radius 1 is 0.559 bits per heavy atom. The fraction of sp³-hybridized carbons (Fsp3) is 0.738. The molecule has 17 nitrogen and oxygen atoms in total. The number of amides is 6. The number of rotatable bonds is 31. The van der Waals surface area contributed by atoms with Crippen LogP contribution in [0.5, 0.6) is 0 Å². The van der Waals surface area contributed by atoms with Crippen molar-refractivity contribution in [2.45, 2.75) is 150 Å². The number of aliphatic carboxylic acids is 1. The van der Waals surface area contributed by atoms with E-state index in [0.717, 1.165) is 0 Å². The molecule has 0 saturated carbocycles. The highest BCUT2D eigenvalue weighted by Gasteiger charge is 2.37. The molecule has 0 aliphatic rings. The second-order valence-electron chi connectivity index (χ2n) is 17.2. The molecule has 338 valence electrons. The van der Waals surface area contributed by atoms with Crippen molar-refractivity contribution in [1.29, 1.82) is 0 Å². The van der Waals surface area contributed by atoms with Crippen molar-refractivity contribution in [3.63, 3.8) is 0 Å². The summed E-state index contributed by atoms with van der Waals surface area (Å²) in [5, 5.41) is 25.8. The molecule has 0 fully saturated rings. The normalized spacial score (nSPS) is 14.7. The minimum absolute atomic E-state index is 0.00147. The number of carboxylic acid groups (broad SMARTS) is 1. The molecule has 0 radical (unpaired) electrons. The Morgan fingerprint density at radius 3 is 1.31 bits per heavy atom. The van der Waals surface area contributed by atoms with Crippen molar-refractivity contribution >= 4 is 41.4 Å². The zero-order chi connectivity index (χ0) is 45.5. The number of carbonyl (C=O) groups is 7. The maximum absolute atomic E-state index is 13.8. The maximum atomic E-state index is 13.8. The summed E-state index contributed by atoms with van der Waals surface area (Å²) in [6.07, 6.45) is 4.08. The first-order valence-corrected chi connectivity index (χ1v) is 20.7. The molecule has 0 rings (SSSR count). The van der Waals surface area contributed by atoms with E-state index in [9.17, 15) is 38.7 Å². The van der Waals surface area contributed by atoms with Crippen molar-refractivity contribution in [2.24, 2.45) is 29.4 Å². The molecular weight excluding hydrogens is 763 g/mol. The van der Waals surface area contributed by atoms with E-state index < -0.39 is 83.2 Å². The third-order valence-corrected chi connectivity index (χ3v) is 8.90. The quantitative estimate of drug-likeness (QED) is 0.0371. The van der Waals surface area contributed by atoms with Crippen molar-refractivity contribution < 1.29 is 48.1 Å². The van der Waals surface area contributed by atoms with Crippen molar-refractivity contribution in [3.05, 3.63) is 25.3 Å². The van der Waals surface area contributed by atoms with Crippen LogP contribution in [0.15, 0.2) is 25.3 Å². The molecule has 0 aliphatic carbocycles. The number of nitrogens with one attached hydrogen (secondary N) is 6. The SMILES string of the molecule is C=CCOCC[C@H](NC(=O)[C@H](CC(C)C)NC(=O)[C@H](CC(C)C)NC(=O)C(C)(C)NC(=O)[C@H](CCOCC=C)NC(=O)[C@H](CC(C)C)NC(=O)[C@@H](N)CC(C)C)C(=O)O. The molecule has 0 spiro atoms. The van der Waals surface area contributed by atoms with Gasteiger partial charge in [-0.15, -0.1) is 13.2 Å². The highest BCUT2D eigenvalue weighted by Crippen LogP contribution is 2.13. The van der Waals surface area contributed by atoms with Crippen LogP contribution >= 0.6 is 0 Å². The lowest BCUT2D eigenvalue weighted by Gasteiger charge is -2.31. The van der Waals surface area contributed by atoms with Gasteiger partial charge in [-0.1, -0.05) is 67.5 Å². The molecule has 59 heavy (non-hydrogen) atoms. The van der Waals surface area contributed by atoms with Crippen LogP contribution in [0.1, 0.15) is 108 Å². The summed E-state index contributed by atoms with van der Waals surface area (Å²) in [4.78, 5) is 93.4. The summed E-state index contributed by atoms with van der Waals surface area (Å²) in [5.74, 6) is -5.20. The number of hydrogen-bond acceptors (Lipinski definition) is 10. The molecule has 6 atom stereocenters. The van der Waals surface area contributed by atoms with Crippen LogP contribution in [0.3, 0.4) is 0 Å². The van der Waals surface area contributed by atoms with E-state index in [0.29, 0.717) is 6.42 Å². The Balaban J connectivity index is 6.22. The van der Waals surface area contributed by atoms with Crippen LogP contribution in [0.2, 0.25) is 0 Å². The standard InChI is InChI=1S/C42H75N7O10/c1-13-17-58-19-15-30(44-36(51)32(22-26(5)6)46-35(50)29(43)21-25(3)4)39(54)49-42(11,12)41(57)48-34(24-28(9)10)38(53)47-33(23-27(7)8)37(52)45-31(40(55)56)16-20-59-18-14-2/h13-14,25-34H,1-2,15-24,43H2,3-12H3,(H,44,51)(H,45,52)(H,46,50)(H,47,53)(H,48,57)(H,49,54)(H,55,56)/t29-,30-,31-,32-,33-,34-/m0/s1. The molecule has 0 saturated heterocycles. The smallest absolute Gasteiger partial charge is 0.326 e. The molecule has 9 N–H and O–H groups in total. The van der Waals surface area contributed by atoms with Crippen molar-refractivity contribution in [1.82, 2.24) is 31.9 Å². The number of ether oxygens (including phenoxy) is 2. The van der Waals surface area contributed by atoms with E-state index in [-0.39, 0.29) is 82.2 Å². The Hall–Kier alpha value is -4.35. The Kier molecular flexibility index (Phi) is 26.1. The summed E-state index contributed by atoms with van der Waals surface area (Å²) >= 11 is 0. The predicted molar refractivity (Wildman–Crippen MR) is 227 cm³/mol. The lowest BCUT2D eigenvalue weighted by atomic mass is 9.97. The van der Waals surface area contributed by atoms with Gasteiger partial charge in [0.05, 0.1) is 19.3 Å². The summed E-state index contributed by atoms with van der Waals surface area (Å²) < 4.78 is 10.8. The van der Waals surface area contributed by atoms with E-state index in [2.05, 4.69) is 45.1 Å². The molecule has 0 aromatic heterocycles. The Bertz CT molecular complexity index is 1380. The molecule has 17 heteroatoms. The van der Waals surface area contributed by atoms with Crippen LogP contribution in [0.4, 0.5) is 0 Å². The van der Waals surface area contributed by atoms with E-state index >= 15 is 0 Å². The first-order chi connectivity index (χ1) is 27.4. The average molecular weight is 838 g/mol. The minimum Gasteiger partial charge on any atom is -0.480 e. The third kappa shape index (κ3) is 23.1. The highest BCUT2D eigenvalue weighted by molar-refractivity contribution is 5.98. The summed E-state index contributed by atoms with van der Waals surface area (Å²) in [7, 11) is 0. The average Bonchev–Trinajstić information content (AvgIpc) is 3.11. The van der Waals surface area contributed by atoms with Crippen LogP contribution in [0.25, 0.3) is 0 Å². The predicted octanol–water partition coefficient (Wildman–Crippen LogP) is 2.09. The van der Waals surface area contributed by atoms with E-state index in [1.165, 1.54) is 26.0 Å². The molecule has 6 amide bonds. The van der Waals surface area contributed by atoms with E-state index in [1.54, 1.807) is 0 Å². The molecule has 0 heterocycles. The highest BCUT2D eigenvalue weighted by atomic mass is 16.5. The van der Waals surface area contributed by atoms with Gasteiger partial charge in [0.2, 0.25) is 35.4 Å². The lowest BCUT2D eigenvalue weighted by molar-refractivity contribution is -0.143. The van der Waals surface area contributed by atoms with E-state index in [4.69, 9.17) is 15.2 Å². The van der Waals surface area contributed by atoms with Crippen LogP contribution in [-0.2, 0) is 43.0 Å². The van der Waals surface area contributed by atoms with Gasteiger partial charge >= 0.3 is 5.97 Å². The third-order valence-electron chi connectivity index (χ3n) is 8.90. The first-order valence-electron chi connectivity index (χ1n) is 20.7. The van der Waals surface area contributed by atoms with Gasteiger partial charge < -0.3 is 52.2 Å². The molecular formula is C42H75N7O10. The summed E-state index contributed by atoms with van der Waals surface area (Å²) in [6.45, 7) is 25.6. The topological polar surface area (TPSA) is 256 Å². The maximum Gasteiger partial charge on any atom is 0.326 e. The van der Waals surface area contributed by atoms with Gasteiger partial charge in [-0.25, -0.2) is 4.79 Å². The van der Waals surface area contributed by atoms with Gasteiger partial charge in [0.15, 0.2) is 0 Å². The summed E-state index contributed by atoms with van der Waals surface area (Å²) in [5.41, 5.74) is 4.46. The largest absolute Gasteiger partial charge is 0.480 e. The molecule has 0 aliphatic heterocycles.